The second-order valence-corrected chi connectivity index (χ2v) is 26.4. The van der Waals surface area contributed by atoms with Crippen LogP contribution in [0.5, 0.6) is 0 Å². The van der Waals surface area contributed by atoms with Gasteiger partial charge in [0.25, 0.3) is 0 Å². The summed E-state index contributed by atoms with van der Waals surface area (Å²) in [5.41, 5.74) is 22.8. The Morgan fingerprint density at radius 2 is 0.552 bits per heavy atom. The van der Waals surface area contributed by atoms with Crippen LogP contribution in [0, 0.1) is 0 Å². The van der Waals surface area contributed by atoms with Crippen LogP contribution in [0.25, 0.3) is 131 Å². The largest absolute Gasteiger partial charge is 0.454 e. The molecule has 2 aliphatic carbocycles. The number of benzene rings is 16. The van der Waals surface area contributed by atoms with Gasteiger partial charge in [0, 0.05) is 54.5 Å². The van der Waals surface area contributed by atoms with Crippen LogP contribution >= 0.6 is 0 Å². The predicted molar refractivity (Wildman–Crippen MR) is 401 cm³/mol. The van der Waals surface area contributed by atoms with E-state index in [0.29, 0.717) is 0 Å². The van der Waals surface area contributed by atoms with E-state index in [0.717, 1.165) is 99.9 Å². The third kappa shape index (κ3) is 7.61. The number of furan rings is 2. The number of rotatable bonds is 9. The van der Waals surface area contributed by atoms with Crippen LogP contribution in [0.2, 0.25) is 0 Å². The van der Waals surface area contributed by atoms with Crippen molar-refractivity contribution in [2.45, 2.75) is 24.7 Å². The van der Waals surface area contributed by atoms with Crippen molar-refractivity contribution in [2.24, 2.45) is 0 Å². The zero-order chi connectivity index (χ0) is 63.4. The number of hydrogen-bond acceptors (Lipinski definition) is 4. The standard InChI is InChI=1S/C92H60N2O2/c1-91(75-53-47-61-27-9-11-29-65(61)85(75)87-71-35-15-13-31-67(71)81(55-77(87)91)93(63-49-43-59(44-50-63)57-23-5-3-6-24-57)79-39-21-37-73-69-33-17-19-41-83(69)95-89(73)79)92(2)76-54-48-62-28-10-12-30-66(62)86(76)88-72-36-16-14-32-68(72)82(56-78(88)92)94(64-51-45-60(46-52-64)58-25-7-4-8-26-58)80-40-22-38-74-70-34-18-20-42-84(70)96-90(74)80/h3-56H,1-2H3. The summed E-state index contributed by atoms with van der Waals surface area (Å²) in [6, 6.07) is 121. The van der Waals surface area contributed by atoms with Crippen molar-refractivity contribution >= 4 is 121 Å². The second-order valence-electron chi connectivity index (χ2n) is 26.4. The van der Waals surface area contributed by atoms with E-state index in [1.165, 1.54) is 88.0 Å². The maximum absolute atomic E-state index is 7.10. The topological polar surface area (TPSA) is 32.8 Å². The molecular weight excluding hydrogens is 1170 g/mol. The third-order valence-electron chi connectivity index (χ3n) is 21.8. The highest BCUT2D eigenvalue weighted by molar-refractivity contribution is 6.20. The van der Waals surface area contributed by atoms with Crippen LogP contribution in [-0.2, 0) is 10.8 Å². The first kappa shape index (κ1) is 54.3. The van der Waals surface area contributed by atoms with E-state index in [2.05, 4.69) is 351 Å². The minimum absolute atomic E-state index is 0.766. The van der Waals surface area contributed by atoms with E-state index in [1.807, 2.05) is 0 Å². The highest BCUT2D eigenvalue weighted by Crippen LogP contribution is 2.69. The molecule has 4 nitrogen and oxygen atoms in total. The molecule has 2 aliphatic rings. The molecular formula is C92H60N2O2. The molecule has 18 aromatic rings. The van der Waals surface area contributed by atoms with Gasteiger partial charge < -0.3 is 18.6 Å². The molecule has 0 radical (unpaired) electrons. The fourth-order valence-corrected chi connectivity index (χ4v) is 17.2. The van der Waals surface area contributed by atoms with Gasteiger partial charge in [-0.1, -0.05) is 281 Å². The van der Waals surface area contributed by atoms with Gasteiger partial charge in [0.15, 0.2) is 11.2 Å². The van der Waals surface area contributed by atoms with E-state index in [-0.39, 0.29) is 0 Å². The van der Waals surface area contributed by atoms with Gasteiger partial charge in [0.05, 0.1) is 22.7 Å². The van der Waals surface area contributed by atoms with Gasteiger partial charge in [-0.05, 0) is 160 Å². The smallest absolute Gasteiger partial charge is 0.159 e. The minimum Gasteiger partial charge on any atom is -0.454 e. The molecule has 0 saturated carbocycles. The Labute approximate surface area is 555 Å². The van der Waals surface area contributed by atoms with Gasteiger partial charge in [0.2, 0.25) is 0 Å². The Morgan fingerprint density at radius 1 is 0.229 bits per heavy atom. The normalized spacial score (nSPS) is 15.5. The van der Waals surface area contributed by atoms with Gasteiger partial charge in [-0.3, -0.25) is 0 Å². The summed E-state index contributed by atoms with van der Waals surface area (Å²) in [6.45, 7) is 5.17. The van der Waals surface area contributed by atoms with Crippen LogP contribution in [0.1, 0.15) is 36.1 Å². The van der Waals surface area contributed by atoms with E-state index in [1.54, 1.807) is 0 Å². The summed E-state index contributed by atoms with van der Waals surface area (Å²) >= 11 is 0. The molecule has 0 N–H and O–H groups in total. The predicted octanol–water partition coefficient (Wildman–Crippen LogP) is 25.6. The van der Waals surface area contributed by atoms with Crippen molar-refractivity contribution < 1.29 is 8.83 Å². The van der Waals surface area contributed by atoms with E-state index >= 15 is 0 Å². The SMILES string of the molecule is CC1(C2(C)c3ccc4ccccc4c3-c3c2cc(N(c2ccc(-c4ccccc4)cc2)c2cccc4c2oc2ccccc24)c2ccccc32)c2ccc3ccccc3c2-c2c1cc(N(c1ccc(-c3ccccc3)cc1)c1cccc3c1oc1ccccc13)c1ccccc21. The Bertz CT molecular complexity index is 5860. The third-order valence-corrected chi connectivity index (χ3v) is 21.8. The lowest BCUT2D eigenvalue weighted by atomic mass is 9.56. The van der Waals surface area contributed by atoms with Gasteiger partial charge in [-0.2, -0.15) is 0 Å². The maximum atomic E-state index is 7.10. The summed E-state index contributed by atoms with van der Waals surface area (Å²) in [5.74, 6) is 0. The summed E-state index contributed by atoms with van der Waals surface area (Å²) in [4.78, 5) is 4.97. The lowest BCUT2D eigenvalue weighted by Crippen LogP contribution is -2.44. The summed E-state index contributed by atoms with van der Waals surface area (Å²) in [7, 11) is 0. The number of para-hydroxylation sites is 4. The first-order chi connectivity index (χ1) is 47.4. The van der Waals surface area contributed by atoms with E-state index in [4.69, 9.17) is 8.83 Å². The quantitative estimate of drug-likeness (QED) is 0.144. The Morgan fingerprint density at radius 3 is 0.969 bits per heavy atom. The van der Waals surface area contributed by atoms with Crippen LogP contribution in [0.3, 0.4) is 0 Å². The molecule has 0 amide bonds. The van der Waals surface area contributed by atoms with Crippen LogP contribution in [0.4, 0.5) is 34.1 Å². The Kier molecular flexibility index (Phi) is 11.7. The highest BCUT2D eigenvalue weighted by atomic mass is 16.3. The fourth-order valence-electron chi connectivity index (χ4n) is 17.2. The summed E-state index contributed by atoms with van der Waals surface area (Å²) in [5, 5.41) is 13.9. The van der Waals surface area contributed by atoms with Crippen molar-refractivity contribution in [3.05, 3.63) is 350 Å². The van der Waals surface area contributed by atoms with Crippen LogP contribution < -0.4 is 9.80 Å². The average molecular weight is 1230 g/mol. The second kappa shape index (κ2) is 20.6. The van der Waals surface area contributed by atoms with Gasteiger partial charge in [-0.25, -0.2) is 0 Å². The average Bonchev–Trinajstić information content (AvgIpc) is 1.49. The number of nitrogens with zero attached hydrogens (tertiary/aromatic N) is 2. The lowest BCUT2D eigenvalue weighted by Gasteiger charge is -2.46. The molecule has 2 atom stereocenters. The van der Waals surface area contributed by atoms with Crippen molar-refractivity contribution in [2.75, 3.05) is 9.80 Å². The first-order valence-corrected chi connectivity index (χ1v) is 33.3. The molecule has 2 unspecified atom stereocenters. The molecule has 16 aromatic carbocycles. The van der Waals surface area contributed by atoms with E-state index < -0.39 is 10.8 Å². The van der Waals surface area contributed by atoms with Gasteiger partial charge in [-0.15, -0.1) is 0 Å². The van der Waals surface area contributed by atoms with Gasteiger partial charge in [0.1, 0.15) is 11.2 Å². The fraction of sp³-hybridized carbons (Fsp3) is 0.0435. The Balaban J connectivity index is 0.911. The van der Waals surface area contributed by atoms with Gasteiger partial charge >= 0.3 is 0 Å². The first-order valence-electron chi connectivity index (χ1n) is 33.3. The number of hydrogen-bond donors (Lipinski definition) is 0. The van der Waals surface area contributed by atoms with Crippen LogP contribution in [0.15, 0.2) is 336 Å². The molecule has 0 fully saturated rings. The van der Waals surface area contributed by atoms with Crippen LogP contribution in [-0.4, -0.2) is 0 Å². The number of fused-ring (bicyclic) bond motifs is 20. The minimum atomic E-state index is -0.766. The zero-order valence-electron chi connectivity index (χ0n) is 52.9. The Hall–Kier alpha value is -12.2. The van der Waals surface area contributed by atoms with E-state index in [9.17, 15) is 0 Å². The number of anilines is 6. The lowest BCUT2D eigenvalue weighted by molar-refractivity contribution is 0.376. The molecule has 0 aliphatic heterocycles. The zero-order valence-corrected chi connectivity index (χ0v) is 52.9. The molecule has 0 spiro atoms. The van der Waals surface area contributed by atoms with Crippen molar-refractivity contribution in [3.63, 3.8) is 0 Å². The summed E-state index contributed by atoms with van der Waals surface area (Å²) < 4.78 is 14.2. The molecule has 450 valence electrons. The monoisotopic (exact) mass is 1220 g/mol. The molecule has 96 heavy (non-hydrogen) atoms. The molecule has 20 rings (SSSR count). The van der Waals surface area contributed by atoms with Crippen molar-refractivity contribution in [1.82, 2.24) is 0 Å². The molecule has 0 saturated heterocycles. The molecule has 2 aromatic heterocycles. The molecule has 4 heteroatoms. The van der Waals surface area contributed by atoms with Crippen molar-refractivity contribution in [3.8, 4) is 44.5 Å². The molecule has 0 bridgehead atoms. The van der Waals surface area contributed by atoms with Crippen molar-refractivity contribution in [1.29, 1.82) is 0 Å². The maximum Gasteiger partial charge on any atom is 0.159 e. The molecule has 2 heterocycles. The summed E-state index contributed by atoms with van der Waals surface area (Å²) in [6.07, 6.45) is 0. The highest BCUT2D eigenvalue weighted by Gasteiger charge is 2.59.